The number of hydrogen-bond acceptors (Lipinski definition) is 3. The van der Waals surface area contributed by atoms with E-state index in [9.17, 15) is 9.59 Å². The Balaban J connectivity index is 2.49. The van der Waals surface area contributed by atoms with Gasteiger partial charge in [0.15, 0.2) is 0 Å². The van der Waals surface area contributed by atoms with Gasteiger partial charge in [0.1, 0.15) is 0 Å². The summed E-state index contributed by atoms with van der Waals surface area (Å²) in [6.07, 6.45) is 0.0456. The minimum absolute atomic E-state index is 0.0456. The highest BCUT2D eigenvalue weighted by Crippen LogP contribution is 2.16. The summed E-state index contributed by atoms with van der Waals surface area (Å²) in [6, 6.07) is 7.52. The molecule has 0 heterocycles. The first kappa shape index (κ1) is 15.9. The molecule has 0 aliphatic carbocycles. The Hall–Kier alpha value is -1.15. The number of halogens is 1. The second-order valence-corrected chi connectivity index (χ2v) is 5.20. The van der Waals surface area contributed by atoms with Crippen molar-refractivity contribution in [2.24, 2.45) is 0 Å². The number of benzene rings is 1. The molecule has 1 aromatic carbocycles. The molecule has 0 spiro atoms. The van der Waals surface area contributed by atoms with Gasteiger partial charge in [-0.15, -0.1) is 0 Å². The maximum Gasteiger partial charge on any atom is 0.304 e. The highest BCUT2D eigenvalue weighted by atomic mass is 127. The summed E-state index contributed by atoms with van der Waals surface area (Å²) in [5.74, 6) is -0.979. The van der Waals surface area contributed by atoms with Crippen LogP contribution in [0.25, 0.3) is 0 Å². The fraction of sp³-hybridized carbons (Fsp3) is 0.385. The van der Waals surface area contributed by atoms with E-state index in [-0.39, 0.29) is 18.9 Å². The van der Waals surface area contributed by atoms with E-state index in [1.807, 2.05) is 31.2 Å². The van der Waals surface area contributed by atoms with Crippen molar-refractivity contribution < 1.29 is 14.7 Å². The Morgan fingerprint density at radius 3 is 2.63 bits per heavy atom. The zero-order chi connectivity index (χ0) is 14.3. The van der Waals surface area contributed by atoms with Crippen LogP contribution in [-0.2, 0) is 9.59 Å². The van der Waals surface area contributed by atoms with Crippen molar-refractivity contribution in [1.29, 1.82) is 0 Å². The molecule has 1 rings (SSSR count). The molecule has 1 aromatic rings. The summed E-state index contributed by atoms with van der Waals surface area (Å²) in [7, 11) is 0. The fourth-order valence-corrected chi connectivity index (χ4v) is 2.08. The Morgan fingerprint density at radius 1 is 1.37 bits per heavy atom. The molecule has 19 heavy (non-hydrogen) atoms. The Kier molecular flexibility index (Phi) is 6.79. The van der Waals surface area contributed by atoms with Gasteiger partial charge in [0.2, 0.25) is 5.91 Å². The van der Waals surface area contributed by atoms with E-state index in [2.05, 4.69) is 27.9 Å². The predicted octanol–water partition coefficient (Wildman–Crippen LogP) is 2.03. The van der Waals surface area contributed by atoms with Gasteiger partial charge in [-0.05, 0) is 41.3 Å². The molecule has 104 valence electrons. The number of nitrogens with one attached hydrogen (secondary N) is 1. The summed E-state index contributed by atoms with van der Waals surface area (Å²) >= 11 is 2.16. The maximum absolute atomic E-state index is 11.9. The van der Waals surface area contributed by atoms with Crippen molar-refractivity contribution in [2.45, 2.75) is 13.3 Å². The standard InChI is InChI=1S/C13H17IN2O3/c1-2-16(8-7-13(18)19)9-12(17)15-11-6-4-3-5-10(11)14/h3-6H,2,7-9H2,1H3,(H,15,17)(H,18,19). The molecule has 0 fully saturated rings. The van der Waals surface area contributed by atoms with E-state index in [4.69, 9.17) is 5.11 Å². The van der Waals surface area contributed by atoms with Gasteiger partial charge in [-0.2, -0.15) is 0 Å². The number of para-hydroxylation sites is 1. The maximum atomic E-state index is 11.9. The van der Waals surface area contributed by atoms with Crippen LogP contribution in [0.4, 0.5) is 5.69 Å². The van der Waals surface area contributed by atoms with E-state index >= 15 is 0 Å². The Bertz CT molecular complexity index is 451. The smallest absolute Gasteiger partial charge is 0.304 e. The molecule has 0 atom stereocenters. The lowest BCUT2D eigenvalue weighted by atomic mass is 10.3. The van der Waals surface area contributed by atoms with Gasteiger partial charge in [-0.3, -0.25) is 14.5 Å². The molecule has 0 unspecified atom stereocenters. The summed E-state index contributed by atoms with van der Waals surface area (Å²) in [5, 5.41) is 11.5. The summed E-state index contributed by atoms with van der Waals surface area (Å²) in [4.78, 5) is 24.2. The van der Waals surface area contributed by atoms with Crippen molar-refractivity contribution in [2.75, 3.05) is 25.0 Å². The SMILES string of the molecule is CCN(CCC(=O)O)CC(=O)Nc1ccccc1I. The normalized spacial score (nSPS) is 10.5. The summed E-state index contributed by atoms with van der Waals surface area (Å²) in [5.41, 5.74) is 0.780. The van der Waals surface area contributed by atoms with E-state index in [1.165, 1.54) is 0 Å². The predicted molar refractivity (Wildman–Crippen MR) is 82.2 cm³/mol. The Labute approximate surface area is 126 Å². The molecular weight excluding hydrogens is 359 g/mol. The third-order valence-corrected chi connectivity index (χ3v) is 3.54. The van der Waals surface area contributed by atoms with Gasteiger partial charge in [0.25, 0.3) is 0 Å². The lowest BCUT2D eigenvalue weighted by molar-refractivity contribution is -0.137. The monoisotopic (exact) mass is 376 g/mol. The van der Waals surface area contributed by atoms with Crippen LogP contribution >= 0.6 is 22.6 Å². The number of carboxylic acid groups (broad SMARTS) is 1. The molecule has 0 saturated carbocycles. The molecule has 2 N–H and O–H groups in total. The molecule has 0 aliphatic heterocycles. The number of anilines is 1. The third-order valence-electron chi connectivity index (χ3n) is 2.60. The van der Waals surface area contributed by atoms with E-state index in [1.54, 1.807) is 4.90 Å². The number of carbonyl (C=O) groups excluding carboxylic acids is 1. The average Bonchev–Trinajstić information content (AvgIpc) is 2.37. The van der Waals surface area contributed by atoms with Crippen LogP contribution in [0.1, 0.15) is 13.3 Å². The number of rotatable bonds is 7. The molecule has 1 amide bonds. The van der Waals surface area contributed by atoms with Crippen molar-refractivity contribution in [3.63, 3.8) is 0 Å². The highest BCUT2D eigenvalue weighted by Gasteiger charge is 2.11. The third kappa shape index (κ3) is 6.02. The molecule has 0 saturated heterocycles. The highest BCUT2D eigenvalue weighted by molar-refractivity contribution is 14.1. The van der Waals surface area contributed by atoms with E-state index in [0.29, 0.717) is 13.1 Å². The molecule has 0 aliphatic rings. The first-order valence-corrected chi connectivity index (χ1v) is 7.09. The fourth-order valence-electron chi connectivity index (χ4n) is 1.56. The first-order valence-electron chi connectivity index (χ1n) is 6.01. The van der Waals surface area contributed by atoms with Gasteiger partial charge in [0.05, 0.1) is 18.7 Å². The number of hydrogen-bond donors (Lipinski definition) is 2. The number of aliphatic carboxylic acids is 1. The van der Waals surface area contributed by atoms with Gasteiger partial charge in [-0.1, -0.05) is 19.1 Å². The molecule has 0 radical (unpaired) electrons. The average molecular weight is 376 g/mol. The van der Waals surface area contributed by atoms with Gasteiger partial charge < -0.3 is 10.4 Å². The second kappa shape index (κ2) is 8.11. The van der Waals surface area contributed by atoms with Gasteiger partial charge in [0, 0.05) is 10.1 Å². The van der Waals surface area contributed by atoms with Gasteiger partial charge in [-0.25, -0.2) is 0 Å². The van der Waals surface area contributed by atoms with Crippen LogP contribution in [-0.4, -0.2) is 41.5 Å². The molecule has 6 heteroatoms. The van der Waals surface area contributed by atoms with Crippen LogP contribution < -0.4 is 5.32 Å². The topological polar surface area (TPSA) is 69.6 Å². The van der Waals surface area contributed by atoms with Crippen LogP contribution in [0, 0.1) is 3.57 Å². The number of likely N-dealkylation sites (N-methyl/N-ethyl adjacent to an activating group) is 1. The first-order chi connectivity index (χ1) is 9.02. The quantitative estimate of drug-likeness (QED) is 0.715. The number of amides is 1. The van der Waals surface area contributed by atoms with E-state index < -0.39 is 5.97 Å². The van der Waals surface area contributed by atoms with Gasteiger partial charge >= 0.3 is 5.97 Å². The van der Waals surface area contributed by atoms with Crippen LogP contribution in [0.3, 0.4) is 0 Å². The zero-order valence-corrected chi connectivity index (χ0v) is 12.9. The number of nitrogens with zero attached hydrogens (tertiary/aromatic N) is 1. The minimum atomic E-state index is -0.850. The van der Waals surface area contributed by atoms with Crippen LogP contribution in [0.2, 0.25) is 0 Å². The van der Waals surface area contributed by atoms with Crippen molar-refractivity contribution in [3.8, 4) is 0 Å². The van der Waals surface area contributed by atoms with Crippen LogP contribution in [0.5, 0.6) is 0 Å². The zero-order valence-electron chi connectivity index (χ0n) is 10.7. The number of carboxylic acids is 1. The summed E-state index contributed by atoms with van der Waals surface area (Å²) < 4.78 is 0.974. The molecular formula is C13H17IN2O3. The lowest BCUT2D eigenvalue weighted by Crippen LogP contribution is -2.34. The number of carbonyl (C=O) groups is 2. The summed E-state index contributed by atoms with van der Waals surface area (Å²) in [6.45, 7) is 3.13. The largest absolute Gasteiger partial charge is 0.481 e. The van der Waals surface area contributed by atoms with Crippen molar-refractivity contribution in [3.05, 3.63) is 27.8 Å². The van der Waals surface area contributed by atoms with E-state index in [0.717, 1.165) is 9.26 Å². The molecule has 0 bridgehead atoms. The minimum Gasteiger partial charge on any atom is -0.481 e. The van der Waals surface area contributed by atoms with Crippen molar-refractivity contribution in [1.82, 2.24) is 4.90 Å². The van der Waals surface area contributed by atoms with Crippen molar-refractivity contribution >= 4 is 40.2 Å². The lowest BCUT2D eigenvalue weighted by Gasteiger charge is -2.19. The molecule has 0 aromatic heterocycles. The molecule has 5 nitrogen and oxygen atoms in total. The Morgan fingerprint density at radius 2 is 2.05 bits per heavy atom. The van der Waals surface area contributed by atoms with Crippen LogP contribution in [0.15, 0.2) is 24.3 Å². The second-order valence-electron chi connectivity index (χ2n) is 4.04.